The molecule has 0 atom stereocenters. The molecule has 2 aromatic carbocycles. The number of carbonyl (C=O) groups is 3. The average Bonchev–Trinajstić information content (AvgIpc) is 3.16. The van der Waals surface area contributed by atoms with Crippen molar-refractivity contribution >= 4 is 28.9 Å². The number of rotatable bonds is 8. The molecule has 0 saturated carbocycles. The molecule has 0 spiro atoms. The molecule has 1 saturated heterocycles. The van der Waals surface area contributed by atoms with E-state index < -0.39 is 6.09 Å². The van der Waals surface area contributed by atoms with Crippen LogP contribution in [-0.2, 0) is 9.53 Å². The van der Waals surface area contributed by atoms with Gasteiger partial charge in [0.2, 0.25) is 0 Å². The van der Waals surface area contributed by atoms with Gasteiger partial charge in [0.1, 0.15) is 6.61 Å². The van der Waals surface area contributed by atoms with Crippen molar-refractivity contribution < 1.29 is 19.1 Å². The highest BCUT2D eigenvalue weighted by Crippen LogP contribution is 2.33. The predicted octanol–water partition coefficient (Wildman–Crippen LogP) is 4.97. The summed E-state index contributed by atoms with van der Waals surface area (Å²) >= 11 is 0. The van der Waals surface area contributed by atoms with E-state index in [2.05, 4.69) is 0 Å². The maximum absolute atomic E-state index is 13.3. The molecule has 1 fully saturated rings. The molecule has 150 valence electrons. The van der Waals surface area contributed by atoms with E-state index in [-0.39, 0.29) is 18.2 Å². The van der Waals surface area contributed by atoms with Crippen LogP contribution in [0.5, 0.6) is 0 Å². The van der Waals surface area contributed by atoms with Gasteiger partial charge in [0.25, 0.3) is 0 Å². The summed E-state index contributed by atoms with van der Waals surface area (Å²) in [6.45, 7) is 4.20. The molecular formula is C24H25NO4. The zero-order valence-electron chi connectivity index (χ0n) is 16.8. The summed E-state index contributed by atoms with van der Waals surface area (Å²) in [6.07, 6.45) is 1.61. The number of benzene rings is 2. The van der Waals surface area contributed by atoms with E-state index in [0.717, 1.165) is 18.4 Å². The highest BCUT2D eigenvalue weighted by molar-refractivity contribution is 6.28. The minimum atomic E-state index is -0.465. The number of cyclic esters (lactones) is 1. The fraction of sp³-hybridized carbons (Fsp3) is 0.292. The first kappa shape index (κ1) is 20.5. The predicted molar refractivity (Wildman–Crippen MR) is 112 cm³/mol. The summed E-state index contributed by atoms with van der Waals surface area (Å²) in [7, 11) is 0. The van der Waals surface area contributed by atoms with Crippen LogP contribution in [0.15, 0.2) is 54.6 Å². The first-order valence-corrected chi connectivity index (χ1v) is 9.91. The second-order valence-electron chi connectivity index (χ2n) is 7.02. The maximum Gasteiger partial charge on any atom is 0.414 e. The summed E-state index contributed by atoms with van der Waals surface area (Å²) in [5.74, 6) is -0.0478. The number of ether oxygens (including phenoxy) is 1. The molecule has 1 heterocycles. The van der Waals surface area contributed by atoms with E-state index in [1.807, 2.05) is 37.3 Å². The SMILES string of the molecule is CCCCC(=O)/C(=C(\c1ccc(C(C)=O)cc1)N1CCOC1=O)c1ccccc1. The Labute approximate surface area is 171 Å². The molecule has 29 heavy (non-hydrogen) atoms. The number of hydrogen-bond acceptors (Lipinski definition) is 4. The Morgan fingerprint density at radius 1 is 0.966 bits per heavy atom. The van der Waals surface area contributed by atoms with Gasteiger partial charge in [0.15, 0.2) is 11.6 Å². The highest BCUT2D eigenvalue weighted by atomic mass is 16.6. The lowest BCUT2D eigenvalue weighted by Gasteiger charge is -2.22. The monoisotopic (exact) mass is 391 g/mol. The number of Topliss-reactive ketones (excluding diaryl/α,β-unsaturated/α-hetero) is 2. The van der Waals surface area contributed by atoms with Crippen LogP contribution >= 0.6 is 0 Å². The molecule has 0 aromatic heterocycles. The first-order valence-electron chi connectivity index (χ1n) is 9.91. The van der Waals surface area contributed by atoms with Crippen LogP contribution in [0.2, 0.25) is 0 Å². The van der Waals surface area contributed by atoms with E-state index in [1.54, 1.807) is 24.3 Å². The van der Waals surface area contributed by atoms with Gasteiger partial charge in [0, 0.05) is 17.6 Å². The van der Waals surface area contributed by atoms with Crippen LogP contribution < -0.4 is 0 Å². The lowest BCUT2D eigenvalue weighted by Crippen LogP contribution is -2.25. The Morgan fingerprint density at radius 3 is 2.17 bits per heavy atom. The maximum atomic E-state index is 13.3. The third kappa shape index (κ3) is 4.62. The zero-order chi connectivity index (χ0) is 20.8. The highest BCUT2D eigenvalue weighted by Gasteiger charge is 2.31. The summed E-state index contributed by atoms with van der Waals surface area (Å²) in [4.78, 5) is 38.9. The quantitative estimate of drug-likeness (QED) is 0.362. The fourth-order valence-electron chi connectivity index (χ4n) is 3.39. The van der Waals surface area contributed by atoms with Crippen LogP contribution in [0.4, 0.5) is 4.79 Å². The molecule has 5 heteroatoms. The van der Waals surface area contributed by atoms with Crippen molar-refractivity contribution in [3.63, 3.8) is 0 Å². The fourth-order valence-corrected chi connectivity index (χ4v) is 3.39. The van der Waals surface area contributed by atoms with Gasteiger partial charge in [0.05, 0.1) is 12.2 Å². The van der Waals surface area contributed by atoms with Crippen molar-refractivity contribution in [2.45, 2.75) is 33.1 Å². The Hall–Kier alpha value is -3.21. The Bertz CT molecular complexity index is 929. The van der Waals surface area contributed by atoms with Crippen LogP contribution in [0.3, 0.4) is 0 Å². The lowest BCUT2D eigenvalue weighted by molar-refractivity contribution is -0.113. The molecule has 1 aliphatic rings. The van der Waals surface area contributed by atoms with Gasteiger partial charge in [-0.05, 0) is 24.5 Å². The van der Waals surface area contributed by atoms with Gasteiger partial charge >= 0.3 is 6.09 Å². The Balaban J connectivity index is 2.22. The Morgan fingerprint density at radius 2 is 1.62 bits per heavy atom. The van der Waals surface area contributed by atoms with E-state index in [0.29, 0.717) is 35.4 Å². The minimum absolute atomic E-state index is 0.0107. The summed E-state index contributed by atoms with van der Waals surface area (Å²) in [5.41, 5.74) is 3.09. The van der Waals surface area contributed by atoms with E-state index in [1.165, 1.54) is 11.8 Å². The molecule has 0 N–H and O–H groups in total. The third-order valence-corrected chi connectivity index (χ3v) is 4.93. The number of nitrogens with zero attached hydrogens (tertiary/aromatic N) is 1. The summed E-state index contributed by atoms with van der Waals surface area (Å²) in [6, 6.07) is 16.4. The van der Waals surface area contributed by atoms with Crippen LogP contribution in [0, 0.1) is 0 Å². The average molecular weight is 391 g/mol. The standard InChI is InChI=1S/C24H25NO4/c1-3-4-10-21(27)22(19-8-6-5-7-9-19)23(25-15-16-29-24(25)28)20-13-11-18(12-14-20)17(2)26/h5-9,11-14H,3-4,10,15-16H2,1-2H3/b23-22+. The van der Waals surface area contributed by atoms with Crippen molar-refractivity contribution in [1.29, 1.82) is 0 Å². The molecule has 0 radical (unpaired) electrons. The second-order valence-corrected chi connectivity index (χ2v) is 7.02. The molecule has 1 amide bonds. The van der Waals surface area contributed by atoms with Gasteiger partial charge in [-0.1, -0.05) is 67.9 Å². The molecule has 0 aliphatic carbocycles. The zero-order valence-corrected chi connectivity index (χ0v) is 16.8. The lowest BCUT2D eigenvalue weighted by atomic mass is 9.92. The van der Waals surface area contributed by atoms with Gasteiger partial charge in [-0.25, -0.2) is 4.79 Å². The summed E-state index contributed by atoms with van der Waals surface area (Å²) in [5, 5.41) is 0. The van der Waals surface area contributed by atoms with Gasteiger partial charge in [-0.15, -0.1) is 0 Å². The molecule has 2 aromatic rings. The smallest absolute Gasteiger partial charge is 0.414 e. The van der Waals surface area contributed by atoms with E-state index >= 15 is 0 Å². The minimum Gasteiger partial charge on any atom is -0.447 e. The molecule has 0 unspecified atom stereocenters. The number of allylic oxidation sites excluding steroid dienone is 1. The van der Waals surface area contributed by atoms with Gasteiger partial charge in [-0.2, -0.15) is 0 Å². The summed E-state index contributed by atoms with van der Waals surface area (Å²) < 4.78 is 5.16. The topological polar surface area (TPSA) is 63.7 Å². The number of hydrogen-bond donors (Lipinski definition) is 0. The Kier molecular flexibility index (Phi) is 6.60. The van der Waals surface area contributed by atoms with Crippen molar-refractivity contribution in [3.8, 4) is 0 Å². The van der Waals surface area contributed by atoms with Crippen LogP contribution in [-0.4, -0.2) is 35.7 Å². The third-order valence-electron chi connectivity index (χ3n) is 4.93. The molecule has 3 rings (SSSR count). The molecule has 0 bridgehead atoms. The number of unbranched alkanes of at least 4 members (excludes halogenated alkanes) is 1. The number of amides is 1. The number of ketones is 2. The van der Waals surface area contributed by atoms with Gasteiger partial charge < -0.3 is 4.74 Å². The number of carbonyl (C=O) groups excluding carboxylic acids is 3. The van der Waals surface area contributed by atoms with Gasteiger partial charge in [-0.3, -0.25) is 14.5 Å². The van der Waals surface area contributed by atoms with Crippen molar-refractivity contribution in [1.82, 2.24) is 4.90 Å². The second kappa shape index (κ2) is 9.32. The first-order chi connectivity index (χ1) is 14.0. The van der Waals surface area contributed by atoms with Crippen molar-refractivity contribution in [2.75, 3.05) is 13.2 Å². The van der Waals surface area contributed by atoms with Crippen LogP contribution in [0.25, 0.3) is 11.3 Å². The van der Waals surface area contributed by atoms with E-state index in [9.17, 15) is 14.4 Å². The molecular weight excluding hydrogens is 366 g/mol. The normalized spacial score (nSPS) is 14.4. The van der Waals surface area contributed by atoms with Crippen molar-refractivity contribution in [3.05, 3.63) is 71.3 Å². The molecule has 5 nitrogen and oxygen atoms in total. The van der Waals surface area contributed by atoms with Crippen molar-refractivity contribution in [2.24, 2.45) is 0 Å². The van der Waals surface area contributed by atoms with Crippen LogP contribution in [0.1, 0.15) is 54.6 Å². The largest absolute Gasteiger partial charge is 0.447 e. The molecule has 1 aliphatic heterocycles. The van der Waals surface area contributed by atoms with E-state index in [4.69, 9.17) is 4.74 Å².